The highest BCUT2D eigenvalue weighted by Crippen LogP contribution is 2.19. The van der Waals surface area contributed by atoms with E-state index >= 15 is 0 Å². The van der Waals surface area contributed by atoms with Gasteiger partial charge in [0.15, 0.2) is 0 Å². The number of hydrogen-bond donors (Lipinski definition) is 1. The lowest BCUT2D eigenvalue weighted by atomic mass is 10.1. The van der Waals surface area contributed by atoms with Crippen LogP contribution in [0.15, 0.2) is 30.3 Å². The van der Waals surface area contributed by atoms with Crippen LogP contribution < -0.4 is 5.32 Å². The molecule has 0 radical (unpaired) electrons. The fourth-order valence-corrected chi connectivity index (χ4v) is 2.68. The van der Waals surface area contributed by atoms with Gasteiger partial charge in [0.2, 0.25) is 0 Å². The summed E-state index contributed by atoms with van der Waals surface area (Å²) in [5, 5.41) is 3.00. The van der Waals surface area contributed by atoms with Crippen LogP contribution >= 0.6 is 0 Å². The van der Waals surface area contributed by atoms with Crippen LogP contribution in [0.2, 0.25) is 0 Å². The summed E-state index contributed by atoms with van der Waals surface area (Å²) >= 11 is 0. The van der Waals surface area contributed by atoms with Gasteiger partial charge < -0.3 is 10.1 Å². The largest absolute Gasteiger partial charge is 0.444 e. The van der Waals surface area contributed by atoms with E-state index in [9.17, 15) is 4.79 Å². The number of benzene rings is 1. The van der Waals surface area contributed by atoms with Crippen molar-refractivity contribution in [2.45, 2.75) is 45.9 Å². The molecule has 2 atom stereocenters. The summed E-state index contributed by atoms with van der Waals surface area (Å²) in [5.74, 6) is 0.432. The number of ether oxygens (including phenoxy) is 1. The minimum Gasteiger partial charge on any atom is -0.444 e. The molecule has 116 valence electrons. The lowest BCUT2D eigenvalue weighted by molar-refractivity contribution is 0.0497. The van der Waals surface area contributed by atoms with E-state index in [1.54, 1.807) is 0 Å². The average molecular weight is 290 g/mol. The number of amides is 1. The molecule has 2 rings (SSSR count). The minimum atomic E-state index is -0.449. The topological polar surface area (TPSA) is 41.6 Å². The summed E-state index contributed by atoms with van der Waals surface area (Å²) in [4.78, 5) is 14.3. The van der Waals surface area contributed by atoms with E-state index in [2.05, 4.69) is 41.4 Å². The number of nitrogens with one attached hydrogen (secondary N) is 1. The summed E-state index contributed by atoms with van der Waals surface area (Å²) < 4.78 is 5.33. The molecule has 1 aliphatic rings. The van der Waals surface area contributed by atoms with Crippen LogP contribution in [0.1, 0.15) is 33.3 Å². The van der Waals surface area contributed by atoms with Gasteiger partial charge >= 0.3 is 6.09 Å². The zero-order chi connectivity index (χ0) is 15.5. The zero-order valence-electron chi connectivity index (χ0n) is 13.4. The first-order valence-electron chi connectivity index (χ1n) is 7.59. The van der Waals surface area contributed by atoms with Gasteiger partial charge in [0.25, 0.3) is 0 Å². The third-order valence-corrected chi connectivity index (χ3v) is 3.64. The van der Waals surface area contributed by atoms with Crippen molar-refractivity contribution >= 4 is 6.09 Å². The summed E-state index contributed by atoms with van der Waals surface area (Å²) in [7, 11) is 0. The highest BCUT2D eigenvalue weighted by atomic mass is 16.6. The monoisotopic (exact) mass is 290 g/mol. The molecule has 1 aromatic rings. The Hall–Kier alpha value is -1.55. The molecule has 1 N–H and O–H groups in total. The third kappa shape index (κ3) is 5.05. The number of nitrogens with zero attached hydrogens (tertiary/aromatic N) is 1. The molecule has 1 fully saturated rings. The van der Waals surface area contributed by atoms with Crippen molar-refractivity contribution in [1.29, 1.82) is 0 Å². The molecule has 0 spiro atoms. The molecule has 0 saturated carbocycles. The van der Waals surface area contributed by atoms with Gasteiger partial charge in [-0.25, -0.2) is 4.79 Å². The number of alkyl carbamates (subject to hydrolysis) is 1. The van der Waals surface area contributed by atoms with Crippen molar-refractivity contribution in [2.24, 2.45) is 5.92 Å². The van der Waals surface area contributed by atoms with E-state index in [4.69, 9.17) is 4.74 Å². The standard InChI is InChI=1S/C17H26N2O2/c1-13-10-19(11-14-8-6-5-7-9-14)12-15(13)18-16(20)21-17(2,3)4/h5-9,13,15H,10-12H2,1-4H3,(H,18,20)/t13-,15-/m0/s1. The molecule has 1 aromatic carbocycles. The molecule has 1 amide bonds. The Kier molecular flexibility index (Phi) is 4.88. The van der Waals surface area contributed by atoms with E-state index in [0.717, 1.165) is 19.6 Å². The molecule has 0 bridgehead atoms. The van der Waals surface area contributed by atoms with Crippen LogP contribution in [-0.4, -0.2) is 35.7 Å². The molecular weight excluding hydrogens is 264 g/mol. The molecule has 21 heavy (non-hydrogen) atoms. The van der Waals surface area contributed by atoms with Crippen molar-refractivity contribution < 1.29 is 9.53 Å². The van der Waals surface area contributed by atoms with E-state index in [1.165, 1.54) is 5.56 Å². The second-order valence-corrected chi connectivity index (χ2v) is 6.91. The average Bonchev–Trinajstić information content (AvgIpc) is 2.68. The van der Waals surface area contributed by atoms with E-state index in [0.29, 0.717) is 5.92 Å². The molecule has 0 unspecified atom stereocenters. The molecule has 1 heterocycles. The number of likely N-dealkylation sites (tertiary alicyclic amines) is 1. The summed E-state index contributed by atoms with van der Waals surface area (Å²) in [6.07, 6.45) is -0.319. The third-order valence-electron chi connectivity index (χ3n) is 3.64. The number of carbonyl (C=O) groups excluding carboxylic acids is 1. The van der Waals surface area contributed by atoms with Gasteiger partial charge in [-0.15, -0.1) is 0 Å². The summed E-state index contributed by atoms with van der Waals surface area (Å²) in [5.41, 5.74) is 0.859. The van der Waals surface area contributed by atoms with E-state index in [1.807, 2.05) is 26.8 Å². The number of carbonyl (C=O) groups is 1. The number of rotatable bonds is 3. The maximum atomic E-state index is 11.9. The van der Waals surface area contributed by atoms with Gasteiger partial charge in [0.05, 0.1) is 0 Å². The predicted octanol–water partition coefficient (Wildman–Crippen LogP) is 3.03. The van der Waals surface area contributed by atoms with Crippen LogP contribution in [0.3, 0.4) is 0 Å². The van der Waals surface area contributed by atoms with E-state index < -0.39 is 5.60 Å². The van der Waals surface area contributed by atoms with Gasteiger partial charge in [-0.2, -0.15) is 0 Å². The maximum absolute atomic E-state index is 11.9. The first-order valence-corrected chi connectivity index (χ1v) is 7.59. The van der Waals surface area contributed by atoms with Crippen LogP contribution in [-0.2, 0) is 11.3 Å². The fourth-order valence-electron chi connectivity index (χ4n) is 2.68. The highest BCUT2D eigenvalue weighted by Gasteiger charge is 2.31. The Morgan fingerprint density at radius 2 is 1.95 bits per heavy atom. The Morgan fingerprint density at radius 1 is 1.29 bits per heavy atom. The molecule has 1 saturated heterocycles. The molecule has 4 heteroatoms. The Bertz CT molecular complexity index is 467. The molecular formula is C17H26N2O2. The lowest BCUT2D eigenvalue weighted by Gasteiger charge is -2.23. The summed E-state index contributed by atoms with van der Waals surface area (Å²) in [6.45, 7) is 10.6. The van der Waals surface area contributed by atoms with Crippen molar-refractivity contribution in [3.63, 3.8) is 0 Å². The molecule has 4 nitrogen and oxygen atoms in total. The van der Waals surface area contributed by atoms with Crippen molar-refractivity contribution in [3.05, 3.63) is 35.9 Å². The van der Waals surface area contributed by atoms with Crippen molar-refractivity contribution in [1.82, 2.24) is 10.2 Å². The smallest absolute Gasteiger partial charge is 0.407 e. The normalized spacial score (nSPS) is 23.0. The second-order valence-electron chi connectivity index (χ2n) is 6.91. The first kappa shape index (κ1) is 15.8. The quantitative estimate of drug-likeness (QED) is 0.930. The summed E-state index contributed by atoms with van der Waals surface area (Å²) in [6, 6.07) is 10.6. The Labute approximate surface area is 127 Å². The van der Waals surface area contributed by atoms with Crippen LogP contribution in [0.5, 0.6) is 0 Å². The Morgan fingerprint density at radius 3 is 2.57 bits per heavy atom. The van der Waals surface area contributed by atoms with Gasteiger partial charge in [0, 0.05) is 25.7 Å². The fraction of sp³-hybridized carbons (Fsp3) is 0.588. The Balaban J connectivity index is 1.85. The van der Waals surface area contributed by atoms with Gasteiger partial charge in [-0.05, 0) is 32.3 Å². The van der Waals surface area contributed by atoms with Gasteiger partial charge in [0.1, 0.15) is 5.60 Å². The van der Waals surface area contributed by atoms with Crippen molar-refractivity contribution in [2.75, 3.05) is 13.1 Å². The molecule has 1 aliphatic heterocycles. The number of hydrogen-bond acceptors (Lipinski definition) is 3. The van der Waals surface area contributed by atoms with Gasteiger partial charge in [-0.3, -0.25) is 4.90 Å². The SMILES string of the molecule is C[C@H]1CN(Cc2ccccc2)C[C@@H]1NC(=O)OC(C)(C)C. The predicted molar refractivity (Wildman–Crippen MR) is 84.0 cm³/mol. The molecule has 0 aromatic heterocycles. The zero-order valence-corrected chi connectivity index (χ0v) is 13.4. The minimum absolute atomic E-state index is 0.156. The second kappa shape index (κ2) is 6.48. The van der Waals surface area contributed by atoms with Crippen LogP contribution in [0.25, 0.3) is 0 Å². The van der Waals surface area contributed by atoms with Crippen LogP contribution in [0.4, 0.5) is 4.79 Å². The first-order chi connectivity index (χ1) is 9.83. The molecule has 0 aliphatic carbocycles. The highest BCUT2D eigenvalue weighted by molar-refractivity contribution is 5.68. The van der Waals surface area contributed by atoms with Crippen LogP contribution in [0, 0.1) is 5.92 Å². The lowest BCUT2D eigenvalue weighted by Crippen LogP contribution is -2.42. The van der Waals surface area contributed by atoms with E-state index in [-0.39, 0.29) is 12.1 Å². The van der Waals surface area contributed by atoms with Crippen molar-refractivity contribution in [3.8, 4) is 0 Å². The maximum Gasteiger partial charge on any atom is 0.407 e. The van der Waals surface area contributed by atoms with Gasteiger partial charge in [-0.1, -0.05) is 37.3 Å².